The first kappa shape index (κ1) is 18.6. The SMILES string of the molecule is CCCC(=O)C1(c2ccccc2)CCN(C(=O)C(O)C(C)O)CC1. The summed E-state index contributed by atoms with van der Waals surface area (Å²) >= 11 is 0. The summed E-state index contributed by atoms with van der Waals surface area (Å²) in [5, 5.41) is 19.2. The van der Waals surface area contributed by atoms with Crippen LogP contribution >= 0.6 is 0 Å². The van der Waals surface area contributed by atoms with Crippen molar-refractivity contribution in [3.8, 4) is 0 Å². The molecule has 1 aromatic carbocycles. The molecule has 0 aliphatic carbocycles. The fraction of sp³-hybridized carbons (Fsp3) is 0.579. The van der Waals surface area contributed by atoms with Crippen LogP contribution in [0.1, 0.15) is 45.1 Å². The highest BCUT2D eigenvalue weighted by Gasteiger charge is 2.43. The van der Waals surface area contributed by atoms with Gasteiger partial charge in [0, 0.05) is 19.5 Å². The first-order valence-corrected chi connectivity index (χ1v) is 8.66. The van der Waals surface area contributed by atoms with Gasteiger partial charge in [0.2, 0.25) is 0 Å². The van der Waals surface area contributed by atoms with Crippen LogP contribution in [0.2, 0.25) is 0 Å². The zero-order chi connectivity index (χ0) is 17.7. The van der Waals surface area contributed by atoms with Crippen molar-refractivity contribution in [3.63, 3.8) is 0 Å². The predicted molar refractivity (Wildman–Crippen MR) is 91.5 cm³/mol. The molecular formula is C19H27NO4. The zero-order valence-corrected chi connectivity index (χ0v) is 14.4. The van der Waals surface area contributed by atoms with Crippen LogP contribution in [-0.2, 0) is 15.0 Å². The van der Waals surface area contributed by atoms with Crippen LogP contribution in [0.15, 0.2) is 30.3 Å². The first-order valence-electron chi connectivity index (χ1n) is 8.66. The summed E-state index contributed by atoms with van der Waals surface area (Å²) in [6.45, 7) is 4.21. The normalized spacial score (nSPS) is 19.6. The molecule has 0 aromatic heterocycles. The lowest BCUT2D eigenvalue weighted by Gasteiger charge is -2.42. The van der Waals surface area contributed by atoms with Gasteiger partial charge in [-0.2, -0.15) is 0 Å². The molecule has 1 amide bonds. The highest BCUT2D eigenvalue weighted by molar-refractivity contribution is 5.91. The van der Waals surface area contributed by atoms with Crippen LogP contribution in [0.3, 0.4) is 0 Å². The summed E-state index contributed by atoms with van der Waals surface area (Å²) in [4.78, 5) is 26.6. The Kier molecular flexibility index (Phi) is 6.13. The Morgan fingerprint density at radius 2 is 1.75 bits per heavy atom. The molecule has 1 aliphatic heterocycles. The van der Waals surface area contributed by atoms with Gasteiger partial charge in [-0.3, -0.25) is 9.59 Å². The number of nitrogens with zero attached hydrogens (tertiary/aromatic N) is 1. The van der Waals surface area contributed by atoms with Crippen LogP contribution in [-0.4, -0.2) is 52.1 Å². The Labute approximate surface area is 143 Å². The molecule has 5 heteroatoms. The number of hydrogen-bond acceptors (Lipinski definition) is 4. The van der Waals surface area contributed by atoms with Crippen molar-refractivity contribution in [1.82, 2.24) is 4.90 Å². The highest BCUT2D eigenvalue weighted by Crippen LogP contribution is 2.38. The molecule has 5 nitrogen and oxygen atoms in total. The molecule has 1 aromatic rings. The smallest absolute Gasteiger partial charge is 0.254 e. The van der Waals surface area contributed by atoms with Gasteiger partial charge in [-0.05, 0) is 31.7 Å². The average molecular weight is 333 g/mol. The third-order valence-corrected chi connectivity index (χ3v) is 4.98. The van der Waals surface area contributed by atoms with Crippen molar-refractivity contribution in [2.75, 3.05) is 13.1 Å². The number of aliphatic hydroxyl groups excluding tert-OH is 2. The van der Waals surface area contributed by atoms with Crippen molar-refractivity contribution in [1.29, 1.82) is 0 Å². The molecular weight excluding hydrogens is 306 g/mol. The van der Waals surface area contributed by atoms with E-state index in [0.717, 1.165) is 12.0 Å². The second-order valence-corrected chi connectivity index (χ2v) is 6.63. The number of Topliss-reactive ketones (excluding diaryl/α,β-unsaturated/α-hetero) is 1. The summed E-state index contributed by atoms with van der Waals surface area (Å²) in [6.07, 6.45) is -0.0707. The van der Waals surface area contributed by atoms with E-state index in [1.54, 1.807) is 4.90 Å². The van der Waals surface area contributed by atoms with E-state index < -0.39 is 23.5 Å². The van der Waals surface area contributed by atoms with Crippen molar-refractivity contribution in [3.05, 3.63) is 35.9 Å². The van der Waals surface area contributed by atoms with Gasteiger partial charge in [0.15, 0.2) is 6.10 Å². The summed E-state index contributed by atoms with van der Waals surface area (Å²) in [7, 11) is 0. The summed E-state index contributed by atoms with van der Waals surface area (Å²) in [6, 6.07) is 9.76. The zero-order valence-electron chi connectivity index (χ0n) is 14.4. The summed E-state index contributed by atoms with van der Waals surface area (Å²) in [5.74, 6) is -0.242. The number of amides is 1. The molecule has 1 aliphatic rings. The maximum atomic E-state index is 12.8. The number of carbonyl (C=O) groups is 2. The molecule has 0 radical (unpaired) electrons. The molecule has 24 heavy (non-hydrogen) atoms. The fourth-order valence-corrected chi connectivity index (χ4v) is 3.45. The largest absolute Gasteiger partial charge is 0.390 e. The van der Waals surface area contributed by atoms with Gasteiger partial charge in [-0.15, -0.1) is 0 Å². The van der Waals surface area contributed by atoms with Crippen LogP contribution in [0.25, 0.3) is 0 Å². The molecule has 2 rings (SSSR count). The number of carbonyl (C=O) groups excluding carboxylic acids is 2. The standard InChI is InChI=1S/C19H27NO4/c1-3-7-16(22)19(15-8-5-4-6-9-15)10-12-20(13-11-19)18(24)17(23)14(2)21/h4-6,8-9,14,17,21,23H,3,7,10-13H2,1-2H3. The first-order chi connectivity index (χ1) is 11.4. The molecule has 0 saturated carbocycles. The third kappa shape index (κ3) is 3.68. The van der Waals surface area contributed by atoms with Crippen LogP contribution in [0, 0.1) is 0 Å². The molecule has 1 saturated heterocycles. The highest BCUT2D eigenvalue weighted by atomic mass is 16.3. The number of benzene rings is 1. The molecule has 2 N–H and O–H groups in total. The number of ketones is 1. The Morgan fingerprint density at radius 3 is 2.25 bits per heavy atom. The van der Waals surface area contributed by atoms with Gasteiger partial charge in [0.05, 0.1) is 11.5 Å². The van der Waals surface area contributed by atoms with Crippen molar-refractivity contribution in [2.45, 2.75) is 57.2 Å². The summed E-state index contributed by atoms with van der Waals surface area (Å²) < 4.78 is 0. The Bertz CT molecular complexity index is 562. The minimum atomic E-state index is -1.40. The summed E-state index contributed by atoms with van der Waals surface area (Å²) in [5.41, 5.74) is 0.454. The topological polar surface area (TPSA) is 77.8 Å². The van der Waals surface area contributed by atoms with Crippen LogP contribution < -0.4 is 0 Å². The maximum absolute atomic E-state index is 12.8. The van der Waals surface area contributed by atoms with E-state index in [-0.39, 0.29) is 5.78 Å². The predicted octanol–water partition coefficient (Wildman–Crippen LogP) is 1.66. The Morgan fingerprint density at radius 1 is 1.17 bits per heavy atom. The quantitative estimate of drug-likeness (QED) is 0.830. The van der Waals surface area contributed by atoms with Gasteiger partial charge in [0.1, 0.15) is 5.78 Å². The van der Waals surface area contributed by atoms with E-state index in [0.29, 0.717) is 32.4 Å². The van der Waals surface area contributed by atoms with Crippen LogP contribution in [0.4, 0.5) is 0 Å². The molecule has 2 atom stereocenters. The average Bonchev–Trinajstić information content (AvgIpc) is 2.61. The molecule has 1 fully saturated rings. The van der Waals surface area contributed by atoms with Gasteiger partial charge < -0.3 is 15.1 Å². The second kappa shape index (κ2) is 7.90. The Balaban J connectivity index is 2.19. The molecule has 132 valence electrons. The number of aliphatic hydroxyl groups is 2. The van der Waals surface area contributed by atoms with E-state index >= 15 is 0 Å². The number of piperidine rings is 1. The number of likely N-dealkylation sites (tertiary alicyclic amines) is 1. The van der Waals surface area contributed by atoms with Crippen LogP contribution in [0.5, 0.6) is 0 Å². The third-order valence-electron chi connectivity index (χ3n) is 4.98. The lowest BCUT2D eigenvalue weighted by atomic mass is 9.68. The lowest BCUT2D eigenvalue weighted by molar-refractivity contribution is -0.148. The van der Waals surface area contributed by atoms with Crippen molar-refractivity contribution < 1.29 is 19.8 Å². The maximum Gasteiger partial charge on any atom is 0.254 e. The van der Waals surface area contributed by atoms with E-state index in [2.05, 4.69) is 0 Å². The van der Waals surface area contributed by atoms with Gasteiger partial charge in [-0.1, -0.05) is 37.3 Å². The lowest BCUT2D eigenvalue weighted by Crippen LogP contribution is -2.52. The van der Waals surface area contributed by atoms with E-state index in [4.69, 9.17) is 0 Å². The number of rotatable bonds is 6. The monoisotopic (exact) mass is 333 g/mol. The molecule has 0 spiro atoms. The van der Waals surface area contributed by atoms with Crippen molar-refractivity contribution in [2.24, 2.45) is 0 Å². The van der Waals surface area contributed by atoms with E-state index in [9.17, 15) is 19.8 Å². The van der Waals surface area contributed by atoms with E-state index in [1.807, 2.05) is 37.3 Å². The minimum Gasteiger partial charge on any atom is -0.390 e. The minimum absolute atomic E-state index is 0.222. The molecule has 1 heterocycles. The molecule has 2 unspecified atom stereocenters. The van der Waals surface area contributed by atoms with Gasteiger partial charge >= 0.3 is 0 Å². The fourth-order valence-electron chi connectivity index (χ4n) is 3.45. The van der Waals surface area contributed by atoms with Gasteiger partial charge in [-0.25, -0.2) is 0 Å². The number of hydrogen-bond donors (Lipinski definition) is 2. The van der Waals surface area contributed by atoms with Crippen molar-refractivity contribution >= 4 is 11.7 Å². The Hall–Kier alpha value is -1.72. The molecule has 0 bridgehead atoms. The van der Waals surface area contributed by atoms with E-state index in [1.165, 1.54) is 6.92 Å². The second-order valence-electron chi connectivity index (χ2n) is 6.63. The van der Waals surface area contributed by atoms with Gasteiger partial charge in [0.25, 0.3) is 5.91 Å².